The number of nitrogens with one attached hydrogen (secondary N) is 3. The fourth-order valence-corrected chi connectivity index (χ4v) is 3.20. The molecule has 33 heavy (non-hydrogen) atoms. The number of rotatable bonds is 9. The number of carboxylic acids is 1. The van der Waals surface area contributed by atoms with Crippen LogP contribution in [0.1, 0.15) is 32.6 Å². The van der Waals surface area contributed by atoms with Gasteiger partial charge in [0.1, 0.15) is 11.6 Å². The molecule has 8 heteroatoms. The lowest BCUT2D eigenvalue weighted by atomic mass is 10.1. The SMILES string of the molecule is Cc1ccc(CNc2ccc(C)cc2C(=O)Nc2ccc(C(=N)N)cc2)c(OCC(=O)O)c1. The topological polar surface area (TPSA) is 138 Å². The highest BCUT2D eigenvalue weighted by Gasteiger charge is 2.14. The van der Waals surface area contributed by atoms with Crippen LogP contribution in [0.15, 0.2) is 60.7 Å². The smallest absolute Gasteiger partial charge is 0.341 e. The molecule has 8 nitrogen and oxygen atoms in total. The normalized spacial score (nSPS) is 10.4. The quantitative estimate of drug-likeness (QED) is 0.250. The van der Waals surface area contributed by atoms with Crippen LogP contribution < -0.4 is 21.1 Å². The van der Waals surface area contributed by atoms with Crippen LogP contribution in [-0.4, -0.2) is 29.4 Å². The molecule has 170 valence electrons. The summed E-state index contributed by atoms with van der Waals surface area (Å²) in [6, 6.07) is 17.8. The molecule has 0 aliphatic rings. The van der Waals surface area contributed by atoms with Gasteiger partial charge in [-0.25, -0.2) is 4.79 Å². The van der Waals surface area contributed by atoms with Crippen LogP contribution in [0.4, 0.5) is 11.4 Å². The standard InChI is InChI=1S/C25H26N4O4/c1-15-4-10-21(28-13-18-5-3-16(2)12-22(18)33-14-23(30)31)20(11-15)25(32)29-19-8-6-17(7-9-19)24(26)27/h3-12,28H,13-14H2,1-2H3,(H3,26,27)(H,29,32)(H,30,31). The van der Waals surface area contributed by atoms with E-state index in [1.807, 2.05) is 38.1 Å². The molecule has 1 amide bonds. The van der Waals surface area contributed by atoms with Crippen molar-refractivity contribution in [3.05, 3.63) is 88.5 Å². The van der Waals surface area contributed by atoms with E-state index in [0.29, 0.717) is 34.8 Å². The summed E-state index contributed by atoms with van der Waals surface area (Å²) in [4.78, 5) is 23.9. The summed E-state index contributed by atoms with van der Waals surface area (Å²) in [5.74, 6) is -0.901. The molecule has 0 bridgehead atoms. The first-order valence-electron chi connectivity index (χ1n) is 10.3. The number of nitrogens with two attached hydrogens (primary N) is 1. The Bertz CT molecular complexity index is 1190. The molecule has 0 saturated heterocycles. The molecule has 3 aromatic rings. The first-order valence-corrected chi connectivity index (χ1v) is 10.3. The summed E-state index contributed by atoms with van der Waals surface area (Å²) in [5, 5.41) is 22.5. The Balaban J connectivity index is 1.78. The van der Waals surface area contributed by atoms with E-state index in [1.165, 1.54) is 0 Å². The zero-order valence-electron chi connectivity index (χ0n) is 18.4. The van der Waals surface area contributed by atoms with Gasteiger partial charge in [-0.15, -0.1) is 0 Å². The third-order valence-corrected chi connectivity index (χ3v) is 4.92. The minimum absolute atomic E-state index is 0.0409. The lowest BCUT2D eigenvalue weighted by Gasteiger charge is -2.16. The van der Waals surface area contributed by atoms with Gasteiger partial charge in [0.05, 0.1) is 5.56 Å². The van der Waals surface area contributed by atoms with Gasteiger partial charge < -0.3 is 26.2 Å². The third-order valence-electron chi connectivity index (χ3n) is 4.92. The van der Waals surface area contributed by atoms with Crippen LogP contribution in [0.5, 0.6) is 5.75 Å². The Hall–Kier alpha value is -4.33. The zero-order valence-corrected chi connectivity index (χ0v) is 18.4. The number of carbonyl (C=O) groups is 2. The number of ether oxygens (including phenoxy) is 1. The molecule has 0 aliphatic heterocycles. The molecule has 3 rings (SSSR count). The van der Waals surface area contributed by atoms with Gasteiger partial charge in [0, 0.05) is 29.0 Å². The zero-order chi connectivity index (χ0) is 24.0. The molecule has 0 heterocycles. The monoisotopic (exact) mass is 446 g/mol. The van der Waals surface area contributed by atoms with Crippen molar-refractivity contribution in [2.24, 2.45) is 5.73 Å². The summed E-state index contributed by atoms with van der Waals surface area (Å²) in [7, 11) is 0. The van der Waals surface area contributed by atoms with E-state index in [4.69, 9.17) is 21.0 Å². The number of benzene rings is 3. The van der Waals surface area contributed by atoms with Crippen LogP contribution in [0, 0.1) is 19.3 Å². The Morgan fingerprint density at radius 1 is 1.00 bits per heavy atom. The van der Waals surface area contributed by atoms with Gasteiger partial charge in [-0.2, -0.15) is 0 Å². The Labute approximate surface area is 191 Å². The second-order valence-electron chi connectivity index (χ2n) is 7.64. The first-order chi connectivity index (χ1) is 15.7. The maximum atomic E-state index is 13.0. The summed E-state index contributed by atoms with van der Waals surface area (Å²) in [5.41, 5.74) is 10.4. The molecule has 0 aliphatic carbocycles. The molecule has 0 spiro atoms. The second kappa shape index (κ2) is 10.3. The number of hydrogen-bond acceptors (Lipinski definition) is 5. The first kappa shape index (κ1) is 23.3. The molecule has 6 N–H and O–H groups in total. The molecule has 0 atom stereocenters. The lowest BCUT2D eigenvalue weighted by Crippen LogP contribution is -2.16. The van der Waals surface area contributed by atoms with E-state index in [1.54, 1.807) is 36.4 Å². The molecular formula is C25H26N4O4. The summed E-state index contributed by atoms with van der Waals surface area (Å²) >= 11 is 0. The van der Waals surface area contributed by atoms with Crippen molar-refractivity contribution in [2.45, 2.75) is 20.4 Å². The average molecular weight is 447 g/mol. The molecule has 0 radical (unpaired) electrons. The van der Waals surface area contributed by atoms with Gasteiger partial charge >= 0.3 is 5.97 Å². The van der Waals surface area contributed by atoms with Gasteiger partial charge in [0.15, 0.2) is 6.61 Å². The van der Waals surface area contributed by atoms with E-state index in [9.17, 15) is 9.59 Å². The van der Waals surface area contributed by atoms with Crippen molar-refractivity contribution < 1.29 is 19.4 Å². The Morgan fingerprint density at radius 2 is 1.67 bits per heavy atom. The van der Waals surface area contributed by atoms with Crippen LogP contribution in [-0.2, 0) is 11.3 Å². The highest BCUT2D eigenvalue weighted by atomic mass is 16.5. The Morgan fingerprint density at radius 3 is 2.33 bits per heavy atom. The maximum absolute atomic E-state index is 13.0. The molecule has 0 unspecified atom stereocenters. The van der Waals surface area contributed by atoms with Crippen molar-refractivity contribution in [2.75, 3.05) is 17.2 Å². The number of aliphatic carboxylic acids is 1. The highest BCUT2D eigenvalue weighted by Crippen LogP contribution is 2.24. The minimum atomic E-state index is -1.05. The number of carbonyl (C=O) groups excluding carboxylic acids is 1. The number of amidine groups is 1. The van der Waals surface area contributed by atoms with Gasteiger partial charge in [-0.05, 0) is 61.9 Å². The third kappa shape index (κ3) is 6.33. The van der Waals surface area contributed by atoms with Crippen LogP contribution in [0.25, 0.3) is 0 Å². The number of aryl methyl sites for hydroxylation is 2. The van der Waals surface area contributed by atoms with Crippen LogP contribution in [0.3, 0.4) is 0 Å². The summed E-state index contributed by atoms with van der Waals surface area (Å²) in [6.07, 6.45) is 0. The molecule has 0 fully saturated rings. The number of hydrogen-bond donors (Lipinski definition) is 5. The van der Waals surface area contributed by atoms with Gasteiger partial charge in [0.25, 0.3) is 5.91 Å². The van der Waals surface area contributed by atoms with Crippen LogP contribution in [0.2, 0.25) is 0 Å². The molecule has 3 aromatic carbocycles. The highest BCUT2D eigenvalue weighted by molar-refractivity contribution is 6.08. The number of nitrogen functional groups attached to an aromatic ring is 1. The van der Waals surface area contributed by atoms with E-state index in [-0.39, 0.29) is 11.7 Å². The number of amides is 1. The largest absolute Gasteiger partial charge is 0.482 e. The predicted molar refractivity (Wildman–Crippen MR) is 128 cm³/mol. The fourth-order valence-electron chi connectivity index (χ4n) is 3.20. The van der Waals surface area contributed by atoms with E-state index < -0.39 is 12.6 Å². The van der Waals surface area contributed by atoms with E-state index >= 15 is 0 Å². The lowest BCUT2D eigenvalue weighted by molar-refractivity contribution is -0.139. The Kier molecular flexibility index (Phi) is 7.30. The summed E-state index contributed by atoms with van der Waals surface area (Å²) in [6.45, 7) is 3.71. The molecule has 0 aromatic heterocycles. The number of anilines is 2. The van der Waals surface area contributed by atoms with E-state index in [0.717, 1.165) is 16.7 Å². The maximum Gasteiger partial charge on any atom is 0.341 e. The van der Waals surface area contributed by atoms with Crippen molar-refractivity contribution in [3.63, 3.8) is 0 Å². The fraction of sp³-hybridized carbons (Fsp3) is 0.160. The predicted octanol–water partition coefficient (Wildman–Crippen LogP) is 3.92. The van der Waals surface area contributed by atoms with Gasteiger partial charge in [0.2, 0.25) is 0 Å². The van der Waals surface area contributed by atoms with E-state index in [2.05, 4.69) is 10.6 Å². The van der Waals surface area contributed by atoms with Crippen molar-refractivity contribution in [3.8, 4) is 5.75 Å². The van der Waals surface area contributed by atoms with Crippen molar-refractivity contribution >= 4 is 29.1 Å². The van der Waals surface area contributed by atoms with Crippen LogP contribution >= 0.6 is 0 Å². The van der Waals surface area contributed by atoms with Crippen molar-refractivity contribution in [1.29, 1.82) is 5.41 Å². The number of carboxylic acid groups (broad SMARTS) is 1. The van der Waals surface area contributed by atoms with Crippen molar-refractivity contribution in [1.82, 2.24) is 0 Å². The molecule has 0 saturated carbocycles. The van der Waals surface area contributed by atoms with Gasteiger partial charge in [-0.3, -0.25) is 10.2 Å². The van der Waals surface area contributed by atoms with Gasteiger partial charge in [-0.1, -0.05) is 23.8 Å². The summed E-state index contributed by atoms with van der Waals surface area (Å²) < 4.78 is 5.43. The molecular weight excluding hydrogens is 420 g/mol. The minimum Gasteiger partial charge on any atom is -0.482 e. The average Bonchev–Trinajstić information content (AvgIpc) is 2.78. The second-order valence-corrected chi connectivity index (χ2v) is 7.64.